The lowest BCUT2D eigenvalue weighted by Gasteiger charge is -2.39. The molecule has 0 spiro atoms. The van der Waals surface area contributed by atoms with Gasteiger partial charge in [0.1, 0.15) is 5.75 Å². The molecule has 28 heavy (non-hydrogen) atoms. The van der Waals surface area contributed by atoms with Crippen LogP contribution in [0.3, 0.4) is 0 Å². The Bertz CT molecular complexity index is 651. The molecule has 1 saturated carbocycles. The number of hydrogen-bond donors (Lipinski definition) is 1. The van der Waals surface area contributed by atoms with Gasteiger partial charge in [-0.1, -0.05) is 12.8 Å². The number of carbonyl (C=O) groups is 1. The number of piperazine rings is 1. The maximum atomic E-state index is 12.8. The third-order valence-corrected chi connectivity index (χ3v) is 6.75. The maximum Gasteiger partial charge on any atom is 0.254 e. The Morgan fingerprint density at radius 1 is 1.07 bits per heavy atom. The zero-order valence-electron chi connectivity index (χ0n) is 16.9. The van der Waals surface area contributed by atoms with Gasteiger partial charge in [0.15, 0.2) is 0 Å². The highest BCUT2D eigenvalue weighted by molar-refractivity contribution is 5.94. The fourth-order valence-electron chi connectivity index (χ4n) is 5.05. The van der Waals surface area contributed by atoms with Gasteiger partial charge in [-0.25, -0.2) is 0 Å². The van der Waals surface area contributed by atoms with Crippen LogP contribution in [0, 0.1) is 5.92 Å². The third kappa shape index (κ3) is 4.34. The second kappa shape index (κ2) is 8.80. The van der Waals surface area contributed by atoms with E-state index in [-0.39, 0.29) is 11.9 Å². The largest absolute Gasteiger partial charge is 0.497 e. The van der Waals surface area contributed by atoms with Gasteiger partial charge in [0, 0.05) is 51.4 Å². The molecular formula is C22H33N3O3. The number of likely N-dealkylation sites (tertiary alicyclic amines) is 1. The molecule has 1 aromatic carbocycles. The highest BCUT2D eigenvalue weighted by Crippen LogP contribution is 2.26. The molecule has 1 aromatic rings. The summed E-state index contributed by atoms with van der Waals surface area (Å²) in [6.07, 6.45) is 5.12. The van der Waals surface area contributed by atoms with Gasteiger partial charge in [-0.05, 0) is 43.0 Å². The molecule has 2 saturated heterocycles. The van der Waals surface area contributed by atoms with Crippen molar-refractivity contribution in [1.82, 2.24) is 14.7 Å². The molecule has 0 aromatic heterocycles. The first kappa shape index (κ1) is 19.7. The summed E-state index contributed by atoms with van der Waals surface area (Å²) in [6.45, 7) is 6.38. The lowest BCUT2D eigenvalue weighted by Crippen LogP contribution is -2.54. The summed E-state index contributed by atoms with van der Waals surface area (Å²) >= 11 is 0. The summed E-state index contributed by atoms with van der Waals surface area (Å²) < 4.78 is 5.16. The lowest BCUT2D eigenvalue weighted by atomic mass is 10.1. The van der Waals surface area contributed by atoms with Gasteiger partial charge >= 0.3 is 0 Å². The van der Waals surface area contributed by atoms with Crippen molar-refractivity contribution < 1.29 is 14.6 Å². The second-order valence-corrected chi connectivity index (χ2v) is 8.56. The van der Waals surface area contributed by atoms with Crippen LogP contribution in [-0.4, -0.2) is 90.8 Å². The Morgan fingerprint density at radius 2 is 1.75 bits per heavy atom. The fourth-order valence-corrected chi connectivity index (χ4v) is 5.05. The topological polar surface area (TPSA) is 56.2 Å². The van der Waals surface area contributed by atoms with Crippen molar-refractivity contribution in [2.24, 2.45) is 5.92 Å². The van der Waals surface area contributed by atoms with Crippen molar-refractivity contribution in [2.45, 2.75) is 37.8 Å². The number of ether oxygens (including phenoxy) is 1. The van der Waals surface area contributed by atoms with E-state index in [0.29, 0.717) is 18.7 Å². The predicted molar refractivity (Wildman–Crippen MR) is 109 cm³/mol. The van der Waals surface area contributed by atoms with Crippen LogP contribution >= 0.6 is 0 Å². The molecule has 1 amide bonds. The number of carbonyl (C=O) groups excluding carboxylic acids is 1. The van der Waals surface area contributed by atoms with E-state index in [1.807, 2.05) is 0 Å². The Labute approximate surface area is 168 Å². The van der Waals surface area contributed by atoms with Crippen molar-refractivity contribution in [1.29, 1.82) is 0 Å². The molecule has 154 valence electrons. The van der Waals surface area contributed by atoms with Crippen LogP contribution in [0.1, 0.15) is 36.0 Å². The SMILES string of the molecule is COc1ccc(C(=O)N2C[C@H](O)[C@@H](N3CCN(CC4CCCC4)CC3)C2)cc1. The van der Waals surface area contributed by atoms with E-state index in [9.17, 15) is 9.90 Å². The quantitative estimate of drug-likeness (QED) is 0.833. The van der Waals surface area contributed by atoms with Crippen LogP contribution in [0.15, 0.2) is 24.3 Å². The first-order chi connectivity index (χ1) is 13.6. The number of benzene rings is 1. The number of aliphatic hydroxyl groups excluding tert-OH is 1. The normalized spacial score (nSPS) is 27.4. The summed E-state index contributed by atoms with van der Waals surface area (Å²) in [7, 11) is 1.62. The molecule has 0 bridgehead atoms. The molecule has 1 aliphatic carbocycles. The standard InChI is InChI=1S/C22H33N3O3/c1-28-19-8-6-18(7-9-19)22(27)25-15-20(21(26)16-25)24-12-10-23(11-13-24)14-17-4-2-3-5-17/h6-9,17,20-21,26H,2-5,10-16H2,1H3/t20-,21-/m0/s1. The Hall–Kier alpha value is -1.63. The number of aliphatic hydroxyl groups is 1. The van der Waals surface area contributed by atoms with Crippen molar-refractivity contribution in [3.8, 4) is 5.75 Å². The first-order valence-electron chi connectivity index (χ1n) is 10.7. The minimum absolute atomic E-state index is 0.0101. The first-order valence-corrected chi connectivity index (χ1v) is 10.7. The number of amides is 1. The van der Waals surface area contributed by atoms with Crippen LogP contribution < -0.4 is 4.74 Å². The molecule has 0 unspecified atom stereocenters. The number of β-amino-alcohol motifs (C(OH)–C–C–N with tert-alkyl or cyclic N) is 1. The zero-order chi connectivity index (χ0) is 19.5. The molecule has 2 atom stereocenters. The highest BCUT2D eigenvalue weighted by Gasteiger charge is 2.39. The summed E-state index contributed by atoms with van der Waals surface area (Å²) in [5.41, 5.74) is 0.648. The van der Waals surface area contributed by atoms with Crippen LogP contribution in [0.2, 0.25) is 0 Å². The van der Waals surface area contributed by atoms with Crippen molar-refractivity contribution in [3.05, 3.63) is 29.8 Å². The highest BCUT2D eigenvalue weighted by atomic mass is 16.5. The summed E-state index contributed by atoms with van der Waals surface area (Å²) in [6, 6.07) is 7.25. The van der Waals surface area contributed by atoms with E-state index in [4.69, 9.17) is 4.74 Å². The van der Waals surface area contributed by atoms with Crippen LogP contribution in [0.25, 0.3) is 0 Å². The summed E-state index contributed by atoms with van der Waals surface area (Å²) in [5.74, 6) is 1.62. The molecular weight excluding hydrogens is 354 g/mol. The van der Waals surface area contributed by atoms with Gasteiger partial charge in [-0.2, -0.15) is 0 Å². The summed E-state index contributed by atoms with van der Waals surface area (Å²) in [5, 5.41) is 10.6. The van der Waals surface area contributed by atoms with Gasteiger partial charge in [0.25, 0.3) is 5.91 Å². The van der Waals surface area contributed by atoms with Gasteiger partial charge in [0.2, 0.25) is 0 Å². The molecule has 3 aliphatic rings. The fraction of sp³-hybridized carbons (Fsp3) is 0.682. The van der Waals surface area contributed by atoms with Gasteiger partial charge in [-0.15, -0.1) is 0 Å². The Morgan fingerprint density at radius 3 is 2.39 bits per heavy atom. The van der Waals surface area contributed by atoms with Crippen LogP contribution in [-0.2, 0) is 0 Å². The van der Waals surface area contributed by atoms with Gasteiger partial charge in [-0.3, -0.25) is 9.69 Å². The van der Waals surface area contributed by atoms with E-state index in [1.165, 1.54) is 32.2 Å². The monoisotopic (exact) mass is 387 g/mol. The smallest absolute Gasteiger partial charge is 0.254 e. The van der Waals surface area contributed by atoms with Crippen molar-refractivity contribution >= 4 is 5.91 Å². The molecule has 0 radical (unpaired) electrons. The minimum atomic E-state index is -0.469. The number of rotatable bonds is 5. The van der Waals surface area contributed by atoms with E-state index in [0.717, 1.165) is 37.8 Å². The molecule has 6 nitrogen and oxygen atoms in total. The van der Waals surface area contributed by atoms with E-state index >= 15 is 0 Å². The molecule has 1 N–H and O–H groups in total. The van der Waals surface area contributed by atoms with Gasteiger partial charge in [0.05, 0.1) is 19.3 Å². The second-order valence-electron chi connectivity index (χ2n) is 8.56. The molecule has 3 fully saturated rings. The Kier molecular flexibility index (Phi) is 6.19. The molecule has 2 heterocycles. The molecule has 2 aliphatic heterocycles. The third-order valence-electron chi connectivity index (χ3n) is 6.75. The lowest BCUT2D eigenvalue weighted by molar-refractivity contribution is 0.0403. The molecule has 4 rings (SSSR count). The number of nitrogens with zero attached hydrogens (tertiary/aromatic N) is 3. The summed E-state index contributed by atoms with van der Waals surface area (Å²) in [4.78, 5) is 19.6. The average Bonchev–Trinajstić information content (AvgIpc) is 3.38. The minimum Gasteiger partial charge on any atom is -0.497 e. The Balaban J connectivity index is 1.29. The molecule has 6 heteroatoms. The van der Waals surface area contributed by atoms with Crippen LogP contribution in [0.4, 0.5) is 0 Å². The van der Waals surface area contributed by atoms with E-state index < -0.39 is 6.10 Å². The van der Waals surface area contributed by atoms with Crippen LogP contribution in [0.5, 0.6) is 5.75 Å². The zero-order valence-corrected chi connectivity index (χ0v) is 16.9. The van der Waals surface area contributed by atoms with Gasteiger partial charge < -0.3 is 19.6 Å². The maximum absolute atomic E-state index is 12.8. The average molecular weight is 388 g/mol. The van der Waals surface area contributed by atoms with Crippen molar-refractivity contribution in [3.63, 3.8) is 0 Å². The predicted octanol–water partition coefficient (Wildman–Crippen LogP) is 1.69. The number of hydrogen-bond acceptors (Lipinski definition) is 5. The van der Waals surface area contributed by atoms with E-state index in [1.54, 1.807) is 36.3 Å². The van der Waals surface area contributed by atoms with E-state index in [2.05, 4.69) is 9.80 Å². The number of methoxy groups -OCH3 is 1. The van der Waals surface area contributed by atoms with Crippen molar-refractivity contribution in [2.75, 3.05) is 52.9 Å².